The van der Waals surface area contributed by atoms with Gasteiger partial charge in [0.2, 0.25) is 11.8 Å². The lowest BCUT2D eigenvalue weighted by molar-refractivity contribution is -0.118. The van der Waals surface area contributed by atoms with Crippen LogP contribution < -0.4 is 10.6 Å². The molecule has 1 aliphatic carbocycles. The molecule has 23 heavy (non-hydrogen) atoms. The van der Waals surface area contributed by atoms with Crippen LogP contribution in [0.1, 0.15) is 30.9 Å². The average molecular weight is 308 g/mol. The fraction of sp³-hybridized carbons (Fsp3) is 0.263. The fourth-order valence-corrected chi connectivity index (χ4v) is 2.77. The van der Waals surface area contributed by atoms with Crippen molar-refractivity contribution in [2.45, 2.75) is 32.1 Å². The minimum absolute atomic E-state index is 0.0151. The largest absolute Gasteiger partial charge is 0.326 e. The second-order valence-corrected chi connectivity index (χ2v) is 6.16. The molecule has 1 fully saturated rings. The maximum atomic E-state index is 12.7. The molecule has 4 heteroatoms. The summed E-state index contributed by atoms with van der Waals surface area (Å²) in [5.74, 6) is -0.117. The van der Waals surface area contributed by atoms with Crippen LogP contribution >= 0.6 is 0 Å². The highest BCUT2D eigenvalue weighted by molar-refractivity contribution is 6.02. The number of aryl methyl sites for hydroxylation is 1. The lowest BCUT2D eigenvalue weighted by Gasteiger charge is -2.16. The Hall–Kier alpha value is -2.62. The molecule has 0 saturated heterocycles. The summed E-state index contributed by atoms with van der Waals surface area (Å²) in [6.07, 6.45) is 1.74. The van der Waals surface area contributed by atoms with Crippen LogP contribution in [0.15, 0.2) is 48.5 Å². The second-order valence-electron chi connectivity index (χ2n) is 6.16. The fourth-order valence-electron chi connectivity index (χ4n) is 2.77. The molecular formula is C19H20N2O2. The van der Waals surface area contributed by atoms with Gasteiger partial charge in [-0.25, -0.2) is 0 Å². The number of anilines is 2. The highest BCUT2D eigenvalue weighted by Crippen LogP contribution is 2.49. The molecule has 1 saturated carbocycles. The molecule has 0 bridgehead atoms. The Morgan fingerprint density at radius 3 is 2.13 bits per heavy atom. The highest BCUT2D eigenvalue weighted by atomic mass is 16.2. The van der Waals surface area contributed by atoms with Crippen molar-refractivity contribution in [3.8, 4) is 0 Å². The first kappa shape index (κ1) is 15.3. The van der Waals surface area contributed by atoms with Crippen LogP contribution in [-0.4, -0.2) is 11.8 Å². The minimum Gasteiger partial charge on any atom is -0.326 e. The number of amides is 2. The summed E-state index contributed by atoms with van der Waals surface area (Å²) >= 11 is 0. The topological polar surface area (TPSA) is 58.2 Å². The molecule has 0 aromatic heterocycles. The number of nitrogens with one attached hydrogen (secondary N) is 2. The molecule has 0 unspecified atom stereocenters. The summed E-state index contributed by atoms with van der Waals surface area (Å²) in [6, 6.07) is 15.4. The monoisotopic (exact) mass is 308 g/mol. The number of rotatable bonds is 4. The van der Waals surface area contributed by atoms with Gasteiger partial charge in [0.15, 0.2) is 0 Å². The third-order valence-electron chi connectivity index (χ3n) is 4.23. The van der Waals surface area contributed by atoms with E-state index in [9.17, 15) is 9.59 Å². The molecule has 1 aliphatic rings. The molecule has 2 N–H and O–H groups in total. The molecule has 2 aromatic carbocycles. The van der Waals surface area contributed by atoms with Gasteiger partial charge >= 0.3 is 0 Å². The van der Waals surface area contributed by atoms with Gasteiger partial charge < -0.3 is 10.6 Å². The van der Waals surface area contributed by atoms with Crippen LogP contribution in [0.3, 0.4) is 0 Å². The van der Waals surface area contributed by atoms with Crippen molar-refractivity contribution in [1.29, 1.82) is 0 Å². The molecule has 0 heterocycles. The molecule has 118 valence electrons. The number of carbonyl (C=O) groups is 2. The first-order chi connectivity index (χ1) is 11.0. The molecule has 0 spiro atoms. The maximum Gasteiger partial charge on any atom is 0.235 e. The Kier molecular flexibility index (Phi) is 3.90. The van der Waals surface area contributed by atoms with Gasteiger partial charge in [-0.2, -0.15) is 0 Å². The van der Waals surface area contributed by atoms with Crippen LogP contribution in [-0.2, 0) is 15.0 Å². The van der Waals surface area contributed by atoms with Crippen molar-refractivity contribution in [3.05, 3.63) is 59.7 Å². The zero-order valence-corrected chi connectivity index (χ0v) is 13.3. The Morgan fingerprint density at radius 1 is 0.957 bits per heavy atom. The van der Waals surface area contributed by atoms with Crippen LogP contribution in [0.5, 0.6) is 0 Å². The second kappa shape index (κ2) is 5.88. The highest BCUT2D eigenvalue weighted by Gasteiger charge is 2.51. The SMILES string of the molecule is CC(=O)Nc1cccc(NC(=O)C2(c3ccc(C)cc3)CC2)c1. The van der Waals surface area contributed by atoms with Gasteiger partial charge in [-0.15, -0.1) is 0 Å². The molecular weight excluding hydrogens is 288 g/mol. The number of hydrogen-bond donors (Lipinski definition) is 2. The van der Waals surface area contributed by atoms with Crippen molar-refractivity contribution < 1.29 is 9.59 Å². The third kappa shape index (κ3) is 3.26. The van der Waals surface area contributed by atoms with Gasteiger partial charge in [0.25, 0.3) is 0 Å². The van der Waals surface area contributed by atoms with E-state index in [0.29, 0.717) is 11.4 Å². The first-order valence-corrected chi connectivity index (χ1v) is 7.76. The number of benzene rings is 2. The summed E-state index contributed by atoms with van der Waals surface area (Å²) < 4.78 is 0. The zero-order chi connectivity index (χ0) is 16.4. The van der Waals surface area contributed by atoms with E-state index in [4.69, 9.17) is 0 Å². The normalized spacial score (nSPS) is 14.9. The van der Waals surface area contributed by atoms with E-state index in [1.54, 1.807) is 12.1 Å². The van der Waals surface area contributed by atoms with E-state index in [1.165, 1.54) is 12.5 Å². The molecule has 0 radical (unpaired) electrons. The van der Waals surface area contributed by atoms with Crippen LogP contribution in [0.2, 0.25) is 0 Å². The third-order valence-corrected chi connectivity index (χ3v) is 4.23. The van der Waals surface area contributed by atoms with E-state index < -0.39 is 5.41 Å². The Morgan fingerprint density at radius 2 is 1.57 bits per heavy atom. The van der Waals surface area contributed by atoms with Gasteiger partial charge in [0, 0.05) is 18.3 Å². The van der Waals surface area contributed by atoms with Crippen molar-refractivity contribution in [3.63, 3.8) is 0 Å². The lowest BCUT2D eigenvalue weighted by Crippen LogP contribution is -2.27. The maximum absolute atomic E-state index is 12.7. The first-order valence-electron chi connectivity index (χ1n) is 7.76. The lowest BCUT2D eigenvalue weighted by atomic mass is 9.94. The van der Waals surface area contributed by atoms with Crippen LogP contribution in [0, 0.1) is 6.92 Å². The van der Waals surface area contributed by atoms with Crippen molar-refractivity contribution >= 4 is 23.2 Å². The molecule has 0 atom stereocenters. The predicted octanol–water partition coefficient (Wildman–Crippen LogP) is 3.62. The van der Waals surface area contributed by atoms with E-state index in [0.717, 1.165) is 18.4 Å². The van der Waals surface area contributed by atoms with Crippen molar-refractivity contribution in [2.24, 2.45) is 0 Å². The smallest absolute Gasteiger partial charge is 0.235 e. The van der Waals surface area contributed by atoms with Crippen LogP contribution in [0.25, 0.3) is 0 Å². The van der Waals surface area contributed by atoms with E-state index in [1.807, 2.05) is 43.3 Å². The molecule has 4 nitrogen and oxygen atoms in total. The van der Waals surface area contributed by atoms with Gasteiger partial charge in [-0.05, 0) is 43.5 Å². The summed E-state index contributed by atoms with van der Waals surface area (Å²) in [7, 11) is 0. The van der Waals surface area contributed by atoms with Gasteiger partial charge in [0.1, 0.15) is 0 Å². The van der Waals surface area contributed by atoms with Crippen molar-refractivity contribution in [2.75, 3.05) is 10.6 Å². The Labute approximate surface area is 135 Å². The summed E-state index contributed by atoms with van der Waals surface area (Å²) in [5, 5.41) is 5.70. The standard InChI is InChI=1S/C19H20N2O2/c1-13-6-8-15(9-7-13)19(10-11-19)18(23)21-17-5-3-4-16(12-17)20-14(2)22/h3-9,12H,10-11H2,1-2H3,(H,20,22)(H,21,23). The summed E-state index contributed by atoms with van der Waals surface area (Å²) in [4.78, 5) is 23.8. The van der Waals surface area contributed by atoms with Gasteiger partial charge in [-0.1, -0.05) is 35.9 Å². The van der Waals surface area contributed by atoms with E-state index in [2.05, 4.69) is 10.6 Å². The molecule has 2 aromatic rings. The zero-order valence-electron chi connectivity index (χ0n) is 13.3. The molecule has 3 rings (SSSR count). The summed E-state index contributed by atoms with van der Waals surface area (Å²) in [6.45, 7) is 3.50. The molecule has 2 amide bonds. The Bertz CT molecular complexity index is 746. The Balaban J connectivity index is 1.76. The van der Waals surface area contributed by atoms with Gasteiger partial charge in [0.05, 0.1) is 5.41 Å². The van der Waals surface area contributed by atoms with Crippen LogP contribution in [0.4, 0.5) is 11.4 Å². The average Bonchev–Trinajstić information content (AvgIpc) is 3.29. The van der Waals surface area contributed by atoms with Crippen molar-refractivity contribution in [1.82, 2.24) is 0 Å². The quantitative estimate of drug-likeness (QED) is 0.906. The van der Waals surface area contributed by atoms with E-state index in [-0.39, 0.29) is 11.8 Å². The summed E-state index contributed by atoms with van der Waals surface area (Å²) in [5.41, 5.74) is 3.22. The van der Waals surface area contributed by atoms with Gasteiger partial charge in [-0.3, -0.25) is 9.59 Å². The number of hydrogen-bond acceptors (Lipinski definition) is 2. The van der Waals surface area contributed by atoms with E-state index >= 15 is 0 Å². The predicted molar refractivity (Wildman–Crippen MR) is 91.5 cm³/mol. The minimum atomic E-state index is -0.405. The number of carbonyl (C=O) groups excluding carboxylic acids is 2. The molecule has 0 aliphatic heterocycles.